The third-order valence-corrected chi connectivity index (χ3v) is 3.69. The molecule has 0 aliphatic rings. The van der Waals surface area contributed by atoms with E-state index >= 15 is 0 Å². The highest BCUT2D eigenvalue weighted by Gasteiger charge is 2.21. The molecule has 18 heavy (non-hydrogen) atoms. The molecule has 1 aromatic carbocycles. The predicted molar refractivity (Wildman–Crippen MR) is 65.3 cm³/mol. The number of hydrogen-bond donors (Lipinski definition) is 1. The fourth-order valence-electron chi connectivity index (χ4n) is 1.34. The summed E-state index contributed by atoms with van der Waals surface area (Å²) >= 11 is 5.90. The summed E-state index contributed by atoms with van der Waals surface area (Å²) in [6, 6.07) is 2.43. The molecule has 0 unspecified atom stereocenters. The molecular weight excluding hydrogens is 282 g/mol. The SMILES string of the molecule is COC(=O)c1ccc(S(C)(=O)=O)c(/C=N/O)c1Cl. The minimum Gasteiger partial charge on any atom is -0.465 e. The van der Waals surface area contributed by atoms with Gasteiger partial charge in [-0.2, -0.15) is 0 Å². The van der Waals surface area contributed by atoms with Gasteiger partial charge in [0.05, 0.1) is 28.8 Å². The Labute approximate surface area is 109 Å². The highest BCUT2D eigenvalue weighted by Crippen LogP contribution is 2.27. The van der Waals surface area contributed by atoms with Crippen LogP contribution in [0, 0.1) is 0 Å². The molecule has 0 aromatic heterocycles. The van der Waals surface area contributed by atoms with Gasteiger partial charge in [0.15, 0.2) is 9.84 Å². The Bertz CT molecular complexity index is 609. The molecule has 0 radical (unpaired) electrons. The Balaban J connectivity index is 3.63. The van der Waals surface area contributed by atoms with Crippen molar-refractivity contribution in [1.29, 1.82) is 0 Å². The van der Waals surface area contributed by atoms with Gasteiger partial charge in [0, 0.05) is 11.8 Å². The molecule has 8 heteroatoms. The fourth-order valence-corrected chi connectivity index (χ4v) is 2.56. The van der Waals surface area contributed by atoms with Crippen molar-refractivity contribution >= 4 is 33.6 Å². The van der Waals surface area contributed by atoms with Crippen LogP contribution in [-0.4, -0.2) is 39.2 Å². The molecular formula is C10H10ClNO5S. The smallest absolute Gasteiger partial charge is 0.339 e. The number of benzene rings is 1. The van der Waals surface area contributed by atoms with Crippen molar-refractivity contribution < 1.29 is 23.2 Å². The van der Waals surface area contributed by atoms with E-state index in [1.54, 1.807) is 0 Å². The van der Waals surface area contributed by atoms with Crippen LogP contribution in [0.2, 0.25) is 5.02 Å². The zero-order valence-electron chi connectivity index (χ0n) is 9.55. The number of nitrogens with zero attached hydrogens (tertiary/aromatic N) is 1. The molecule has 1 rings (SSSR count). The number of hydrogen-bond acceptors (Lipinski definition) is 6. The van der Waals surface area contributed by atoms with E-state index in [2.05, 4.69) is 9.89 Å². The molecule has 1 aromatic rings. The van der Waals surface area contributed by atoms with Crippen molar-refractivity contribution in [3.8, 4) is 0 Å². The van der Waals surface area contributed by atoms with Crippen LogP contribution in [0.1, 0.15) is 15.9 Å². The number of halogens is 1. The lowest BCUT2D eigenvalue weighted by Crippen LogP contribution is -2.08. The number of carbonyl (C=O) groups excluding carboxylic acids is 1. The average Bonchev–Trinajstić information content (AvgIpc) is 2.29. The number of ether oxygens (including phenoxy) is 1. The topological polar surface area (TPSA) is 93.0 Å². The van der Waals surface area contributed by atoms with Crippen molar-refractivity contribution in [2.24, 2.45) is 5.16 Å². The number of rotatable bonds is 3. The summed E-state index contributed by atoms with van der Waals surface area (Å²) in [7, 11) is -2.40. The van der Waals surface area contributed by atoms with Crippen molar-refractivity contribution in [3.05, 3.63) is 28.3 Å². The van der Waals surface area contributed by atoms with Crippen molar-refractivity contribution in [1.82, 2.24) is 0 Å². The van der Waals surface area contributed by atoms with Gasteiger partial charge in [-0.3, -0.25) is 0 Å². The average molecular weight is 292 g/mol. The molecule has 0 spiro atoms. The molecule has 0 saturated heterocycles. The lowest BCUT2D eigenvalue weighted by Gasteiger charge is -2.09. The van der Waals surface area contributed by atoms with Gasteiger partial charge in [-0.25, -0.2) is 13.2 Å². The van der Waals surface area contributed by atoms with Crippen LogP contribution in [0.25, 0.3) is 0 Å². The minimum absolute atomic E-state index is 0.0125. The Hall–Kier alpha value is -1.60. The Morgan fingerprint density at radius 3 is 2.56 bits per heavy atom. The lowest BCUT2D eigenvalue weighted by molar-refractivity contribution is 0.0601. The molecule has 0 fully saturated rings. The standard InChI is InChI=1S/C10H10ClNO5S/c1-17-10(13)6-3-4-8(18(2,15)16)7(5-12-14)9(6)11/h3-5,14H,1-2H3/b12-5+. The number of esters is 1. The molecule has 6 nitrogen and oxygen atoms in total. The quantitative estimate of drug-likeness (QED) is 0.392. The lowest BCUT2D eigenvalue weighted by atomic mass is 10.1. The first kappa shape index (κ1) is 14.5. The first-order valence-corrected chi connectivity index (χ1v) is 6.88. The summed E-state index contributed by atoms with van der Waals surface area (Å²) < 4.78 is 27.5. The third-order valence-electron chi connectivity index (χ3n) is 2.13. The zero-order chi connectivity index (χ0) is 13.9. The number of methoxy groups -OCH3 is 1. The maximum Gasteiger partial charge on any atom is 0.339 e. The zero-order valence-corrected chi connectivity index (χ0v) is 11.1. The van der Waals surface area contributed by atoms with E-state index in [-0.39, 0.29) is 21.0 Å². The van der Waals surface area contributed by atoms with Crippen LogP contribution in [-0.2, 0) is 14.6 Å². The molecule has 0 saturated carbocycles. The fraction of sp³-hybridized carbons (Fsp3) is 0.200. The molecule has 0 atom stereocenters. The van der Waals surface area contributed by atoms with Crippen LogP contribution in [0.5, 0.6) is 0 Å². The first-order valence-electron chi connectivity index (χ1n) is 4.61. The van der Waals surface area contributed by atoms with Crippen molar-refractivity contribution in [3.63, 3.8) is 0 Å². The third kappa shape index (κ3) is 2.80. The molecule has 98 valence electrons. The second-order valence-corrected chi connectivity index (χ2v) is 5.71. The molecule has 0 aliphatic carbocycles. The predicted octanol–water partition coefficient (Wildman–Crippen LogP) is 1.34. The summed E-state index contributed by atoms with van der Waals surface area (Å²) in [6.07, 6.45) is 1.83. The summed E-state index contributed by atoms with van der Waals surface area (Å²) in [5.74, 6) is -0.715. The number of oxime groups is 1. The van der Waals surface area contributed by atoms with E-state index in [9.17, 15) is 13.2 Å². The van der Waals surface area contributed by atoms with Crippen molar-refractivity contribution in [2.75, 3.05) is 13.4 Å². The van der Waals surface area contributed by atoms with E-state index in [0.717, 1.165) is 12.5 Å². The minimum atomic E-state index is -3.57. The maximum absolute atomic E-state index is 11.5. The van der Waals surface area contributed by atoms with Crippen LogP contribution in [0.15, 0.2) is 22.2 Å². The summed E-state index contributed by atoms with van der Waals surface area (Å²) in [6.45, 7) is 0. The van der Waals surface area contributed by atoms with Gasteiger partial charge in [0.2, 0.25) is 0 Å². The van der Waals surface area contributed by atoms with Gasteiger partial charge in [-0.1, -0.05) is 16.8 Å². The highest BCUT2D eigenvalue weighted by molar-refractivity contribution is 7.90. The van der Waals surface area contributed by atoms with Gasteiger partial charge in [-0.15, -0.1) is 0 Å². The molecule has 0 amide bonds. The maximum atomic E-state index is 11.5. The van der Waals surface area contributed by atoms with Gasteiger partial charge in [0.25, 0.3) is 0 Å². The van der Waals surface area contributed by atoms with Gasteiger partial charge < -0.3 is 9.94 Å². The second-order valence-electron chi connectivity index (χ2n) is 3.35. The first-order chi connectivity index (χ1) is 8.32. The van der Waals surface area contributed by atoms with E-state index < -0.39 is 15.8 Å². The number of sulfone groups is 1. The largest absolute Gasteiger partial charge is 0.465 e. The summed E-state index contributed by atoms with van der Waals surface area (Å²) in [5.41, 5.74) is -0.0777. The molecule has 1 N–H and O–H groups in total. The second kappa shape index (κ2) is 5.36. The number of carbonyl (C=O) groups is 1. The molecule has 0 heterocycles. The summed E-state index contributed by atoms with van der Waals surface area (Å²) in [5, 5.41) is 11.1. The Morgan fingerprint density at radius 2 is 2.11 bits per heavy atom. The normalized spacial score (nSPS) is 11.7. The van der Waals surface area contributed by atoms with Crippen LogP contribution in [0.3, 0.4) is 0 Å². The van der Waals surface area contributed by atoms with E-state index in [1.807, 2.05) is 0 Å². The van der Waals surface area contributed by atoms with Crippen LogP contribution >= 0.6 is 11.6 Å². The monoisotopic (exact) mass is 291 g/mol. The van der Waals surface area contributed by atoms with Gasteiger partial charge in [0.1, 0.15) is 0 Å². The van der Waals surface area contributed by atoms with Crippen LogP contribution in [0.4, 0.5) is 0 Å². The highest BCUT2D eigenvalue weighted by atomic mass is 35.5. The van der Waals surface area contributed by atoms with Gasteiger partial charge >= 0.3 is 5.97 Å². The van der Waals surface area contributed by atoms with E-state index in [1.165, 1.54) is 19.2 Å². The summed E-state index contributed by atoms with van der Waals surface area (Å²) in [4.78, 5) is 11.2. The molecule has 0 bridgehead atoms. The van der Waals surface area contributed by atoms with E-state index in [4.69, 9.17) is 16.8 Å². The van der Waals surface area contributed by atoms with Crippen molar-refractivity contribution in [2.45, 2.75) is 4.90 Å². The molecule has 0 aliphatic heterocycles. The van der Waals surface area contributed by atoms with Gasteiger partial charge in [-0.05, 0) is 12.1 Å². The Morgan fingerprint density at radius 1 is 1.50 bits per heavy atom. The van der Waals surface area contributed by atoms with Crippen LogP contribution < -0.4 is 0 Å². The van der Waals surface area contributed by atoms with E-state index in [0.29, 0.717) is 0 Å². The Kier molecular flexibility index (Phi) is 4.31.